The van der Waals surface area contributed by atoms with E-state index in [9.17, 15) is 0 Å². The average molecular weight is 305 g/mol. The van der Waals surface area contributed by atoms with Crippen molar-refractivity contribution in [1.29, 1.82) is 0 Å². The number of halogens is 1. The standard InChI is InChI=1S/C14H25BrO2/c15-13-9-5-1-2-6-10-14(13)17-12-8-4-3-7-11-16/h9,14,16H,1-8,10-12H2/b13-9+. The maximum absolute atomic E-state index is 8.67. The fraction of sp³-hybridized carbons (Fsp3) is 0.857. The first-order valence-electron chi connectivity index (χ1n) is 6.92. The molecule has 1 unspecified atom stereocenters. The van der Waals surface area contributed by atoms with Gasteiger partial charge in [0.1, 0.15) is 0 Å². The van der Waals surface area contributed by atoms with Gasteiger partial charge in [-0.3, -0.25) is 0 Å². The van der Waals surface area contributed by atoms with Crippen LogP contribution in [0.2, 0.25) is 0 Å². The van der Waals surface area contributed by atoms with Gasteiger partial charge in [-0.25, -0.2) is 0 Å². The van der Waals surface area contributed by atoms with E-state index in [1.807, 2.05) is 0 Å². The normalized spacial score (nSPS) is 24.8. The van der Waals surface area contributed by atoms with Gasteiger partial charge in [0.05, 0.1) is 6.10 Å². The Balaban J connectivity index is 2.13. The zero-order valence-corrected chi connectivity index (χ0v) is 12.3. The largest absolute Gasteiger partial charge is 0.396 e. The van der Waals surface area contributed by atoms with Gasteiger partial charge in [-0.05, 0) is 32.1 Å². The molecule has 3 heteroatoms. The van der Waals surface area contributed by atoms with Gasteiger partial charge in [-0.15, -0.1) is 0 Å². The molecule has 0 saturated heterocycles. The highest BCUT2D eigenvalue weighted by Crippen LogP contribution is 2.24. The van der Waals surface area contributed by atoms with E-state index in [1.165, 1.54) is 30.2 Å². The Bertz CT molecular complexity index is 216. The van der Waals surface area contributed by atoms with E-state index in [2.05, 4.69) is 22.0 Å². The molecule has 0 spiro atoms. The molecule has 0 bridgehead atoms. The van der Waals surface area contributed by atoms with Gasteiger partial charge in [0.15, 0.2) is 0 Å². The van der Waals surface area contributed by atoms with E-state index < -0.39 is 0 Å². The van der Waals surface area contributed by atoms with Gasteiger partial charge < -0.3 is 9.84 Å². The lowest BCUT2D eigenvalue weighted by Gasteiger charge is -2.19. The number of allylic oxidation sites excluding steroid dienone is 1. The van der Waals surface area contributed by atoms with Crippen LogP contribution in [0.5, 0.6) is 0 Å². The lowest BCUT2D eigenvalue weighted by atomic mass is 10.0. The molecule has 0 radical (unpaired) electrons. The minimum Gasteiger partial charge on any atom is -0.396 e. The topological polar surface area (TPSA) is 29.5 Å². The third-order valence-corrected chi connectivity index (χ3v) is 4.02. The Labute approximate surface area is 114 Å². The van der Waals surface area contributed by atoms with Crippen molar-refractivity contribution in [3.8, 4) is 0 Å². The predicted molar refractivity (Wildman–Crippen MR) is 75.4 cm³/mol. The van der Waals surface area contributed by atoms with Gasteiger partial charge >= 0.3 is 0 Å². The number of aliphatic hydroxyl groups is 1. The molecule has 17 heavy (non-hydrogen) atoms. The van der Waals surface area contributed by atoms with Crippen LogP contribution in [0.3, 0.4) is 0 Å². The van der Waals surface area contributed by atoms with Crippen LogP contribution in [-0.2, 0) is 4.74 Å². The molecule has 0 aromatic rings. The summed E-state index contributed by atoms with van der Waals surface area (Å²) in [7, 11) is 0. The molecular weight excluding hydrogens is 280 g/mol. The molecule has 0 fully saturated rings. The summed E-state index contributed by atoms with van der Waals surface area (Å²) in [5.74, 6) is 0. The van der Waals surface area contributed by atoms with Crippen LogP contribution in [0.25, 0.3) is 0 Å². The Morgan fingerprint density at radius 3 is 2.82 bits per heavy atom. The van der Waals surface area contributed by atoms with Gasteiger partial charge in [0.25, 0.3) is 0 Å². The number of rotatable bonds is 7. The minimum atomic E-state index is 0.285. The van der Waals surface area contributed by atoms with E-state index >= 15 is 0 Å². The van der Waals surface area contributed by atoms with Crippen molar-refractivity contribution < 1.29 is 9.84 Å². The van der Waals surface area contributed by atoms with Crippen molar-refractivity contribution in [2.45, 2.75) is 63.9 Å². The van der Waals surface area contributed by atoms with Crippen LogP contribution in [0.1, 0.15) is 57.8 Å². The average Bonchev–Trinajstić information content (AvgIpc) is 2.32. The lowest BCUT2D eigenvalue weighted by Crippen LogP contribution is -2.15. The van der Waals surface area contributed by atoms with E-state index in [0.717, 1.165) is 38.7 Å². The molecule has 0 aliphatic heterocycles. The van der Waals surface area contributed by atoms with E-state index in [4.69, 9.17) is 9.84 Å². The van der Waals surface area contributed by atoms with Crippen molar-refractivity contribution >= 4 is 15.9 Å². The van der Waals surface area contributed by atoms with Gasteiger partial charge in [-0.1, -0.05) is 47.7 Å². The van der Waals surface area contributed by atoms with E-state index in [1.54, 1.807) is 0 Å². The maximum Gasteiger partial charge on any atom is 0.0886 e. The Morgan fingerprint density at radius 1 is 1.18 bits per heavy atom. The maximum atomic E-state index is 8.67. The van der Waals surface area contributed by atoms with Crippen LogP contribution in [-0.4, -0.2) is 24.4 Å². The Kier molecular flexibility index (Phi) is 9.03. The number of hydrogen-bond acceptors (Lipinski definition) is 2. The summed E-state index contributed by atoms with van der Waals surface area (Å²) in [6.45, 7) is 1.16. The first-order chi connectivity index (χ1) is 8.34. The molecule has 2 nitrogen and oxygen atoms in total. The second-order valence-corrected chi connectivity index (χ2v) is 5.64. The monoisotopic (exact) mass is 304 g/mol. The molecule has 0 saturated carbocycles. The van der Waals surface area contributed by atoms with Crippen molar-refractivity contribution in [3.63, 3.8) is 0 Å². The third kappa shape index (κ3) is 7.22. The molecule has 1 rings (SSSR count). The summed E-state index contributed by atoms with van der Waals surface area (Å²) in [5, 5.41) is 8.67. The smallest absolute Gasteiger partial charge is 0.0886 e. The van der Waals surface area contributed by atoms with Crippen molar-refractivity contribution in [2.75, 3.05) is 13.2 Å². The number of hydrogen-bond donors (Lipinski definition) is 1. The second-order valence-electron chi connectivity index (χ2n) is 4.72. The Hall–Kier alpha value is 0.140. The molecular formula is C14H25BrO2. The molecule has 0 amide bonds. The molecule has 0 heterocycles. The van der Waals surface area contributed by atoms with Crippen molar-refractivity contribution in [3.05, 3.63) is 10.6 Å². The van der Waals surface area contributed by atoms with Crippen molar-refractivity contribution in [2.24, 2.45) is 0 Å². The highest BCUT2D eigenvalue weighted by Gasteiger charge is 2.13. The summed E-state index contributed by atoms with van der Waals surface area (Å²) in [5.41, 5.74) is 0. The lowest BCUT2D eigenvalue weighted by molar-refractivity contribution is 0.0714. The number of aliphatic hydroxyl groups excluding tert-OH is 1. The van der Waals surface area contributed by atoms with Crippen LogP contribution in [0, 0.1) is 0 Å². The van der Waals surface area contributed by atoms with Crippen LogP contribution in [0.15, 0.2) is 10.6 Å². The Morgan fingerprint density at radius 2 is 2.00 bits per heavy atom. The number of unbranched alkanes of at least 4 members (excludes halogenated alkanes) is 3. The summed E-state index contributed by atoms with van der Waals surface area (Å²) in [6, 6.07) is 0. The zero-order valence-electron chi connectivity index (χ0n) is 10.7. The molecule has 100 valence electrons. The highest BCUT2D eigenvalue weighted by atomic mass is 79.9. The molecule has 0 aromatic carbocycles. The third-order valence-electron chi connectivity index (χ3n) is 3.19. The SMILES string of the molecule is OCCCCCCOC1CCCCC/C=C\1Br. The van der Waals surface area contributed by atoms with Crippen LogP contribution < -0.4 is 0 Å². The molecule has 0 aromatic heterocycles. The summed E-state index contributed by atoms with van der Waals surface area (Å²) >= 11 is 3.64. The van der Waals surface area contributed by atoms with Crippen LogP contribution in [0.4, 0.5) is 0 Å². The molecule has 1 N–H and O–H groups in total. The number of ether oxygens (including phenoxy) is 1. The minimum absolute atomic E-state index is 0.285. The zero-order chi connectivity index (χ0) is 12.3. The predicted octanol–water partition coefficient (Wildman–Crippen LogP) is 4.17. The highest BCUT2D eigenvalue weighted by molar-refractivity contribution is 9.11. The summed E-state index contributed by atoms with van der Waals surface area (Å²) < 4.78 is 7.18. The van der Waals surface area contributed by atoms with Gasteiger partial charge in [0.2, 0.25) is 0 Å². The first-order valence-corrected chi connectivity index (χ1v) is 7.72. The quantitative estimate of drug-likeness (QED) is 0.715. The van der Waals surface area contributed by atoms with E-state index in [-0.39, 0.29) is 6.10 Å². The molecule has 1 aliphatic carbocycles. The molecule has 1 aliphatic rings. The van der Waals surface area contributed by atoms with Crippen LogP contribution >= 0.6 is 15.9 Å². The summed E-state index contributed by atoms with van der Waals surface area (Å²) in [4.78, 5) is 0. The fourth-order valence-corrected chi connectivity index (χ4v) is 2.71. The fourth-order valence-electron chi connectivity index (χ4n) is 2.12. The van der Waals surface area contributed by atoms with Gasteiger partial charge in [0, 0.05) is 17.7 Å². The van der Waals surface area contributed by atoms with Gasteiger partial charge in [-0.2, -0.15) is 0 Å². The second kappa shape index (κ2) is 10.1. The van der Waals surface area contributed by atoms with Crippen molar-refractivity contribution in [1.82, 2.24) is 0 Å². The van der Waals surface area contributed by atoms with E-state index in [0.29, 0.717) is 6.61 Å². The first kappa shape index (κ1) is 15.2. The molecule has 1 atom stereocenters. The summed E-state index contributed by atoms with van der Waals surface area (Å²) in [6.07, 6.45) is 13.1.